The van der Waals surface area contributed by atoms with Gasteiger partial charge in [0.25, 0.3) is 0 Å². The first-order chi connectivity index (χ1) is 11.4. The van der Waals surface area contributed by atoms with Gasteiger partial charge in [0.15, 0.2) is 0 Å². The summed E-state index contributed by atoms with van der Waals surface area (Å²) in [6, 6.07) is 19.4. The highest BCUT2D eigenvalue weighted by atomic mass is 14.8. The maximum Gasteiger partial charge on any atom is 0.0346 e. The van der Waals surface area contributed by atoms with Gasteiger partial charge in [-0.15, -0.1) is 0 Å². The molecule has 23 heavy (non-hydrogen) atoms. The minimum absolute atomic E-state index is 0.941. The van der Waals surface area contributed by atoms with Crippen molar-refractivity contribution in [2.75, 3.05) is 6.54 Å². The molecular formula is C21H24N2. The van der Waals surface area contributed by atoms with Crippen LogP contribution in [0.1, 0.15) is 30.4 Å². The topological polar surface area (TPSA) is 24.9 Å². The van der Waals surface area contributed by atoms with Crippen molar-refractivity contribution in [3.8, 4) is 0 Å². The van der Waals surface area contributed by atoms with Gasteiger partial charge in [-0.3, -0.25) is 4.98 Å². The van der Waals surface area contributed by atoms with E-state index in [1.807, 2.05) is 12.4 Å². The van der Waals surface area contributed by atoms with Crippen LogP contribution in [0.2, 0.25) is 0 Å². The molecule has 0 aliphatic heterocycles. The van der Waals surface area contributed by atoms with E-state index in [1.165, 1.54) is 47.6 Å². The molecule has 0 unspecified atom stereocenters. The van der Waals surface area contributed by atoms with Gasteiger partial charge < -0.3 is 5.32 Å². The molecule has 2 nitrogen and oxygen atoms in total. The number of pyridine rings is 1. The quantitative estimate of drug-likeness (QED) is 0.608. The van der Waals surface area contributed by atoms with Crippen LogP contribution in [-0.4, -0.2) is 11.5 Å². The molecule has 0 fully saturated rings. The summed E-state index contributed by atoms with van der Waals surface area (Å²) in [5.74, 6) is 0. The molecule has 0 saturated heterocycles. The van der Waals surface area contributed by atoms with Crippen molar-refractivity contribution >= 4 is 10.8 Å². The first-order valence-electron chi connectivity index (χ1n) is 8.49. The van der Waals surface area contributed by atoms with Crippen molar-refractivity contribution in [2.24, 2.45) is 0 Å². The van der Waals surface area contributed by atoms with E-state index in [1.54, 1.807) is 0 Å². The van der Waals surface area contributed by atoms with Crippen LogP contribution >= 0.6 is 0 Å². The summed E-state index contributed by atoms with van der Waals surface area (Å²) >= 11 is 0. The zero-order chi connectivity index (χ0) is 15.7. The summed E-state index contributed by atoms with van der Waals surface area (Å²) < 4.78 is 0. The highest BCUT2D eigenvalue weighted by molar-refractivity contribution is 5.81. The molecule has 1 heterocycles. The van der Waals surface area contributed by atoms with Crippen LogP contribution in [0.15, 0.2) is 67.0 Å². The molecule has 118 valence electrons. The highest BCUT2D eigenvalue weighted by Gasteiger charge is 1.97. The molecule has 0 spiro atoms. The lowest BCUT2D eigenvalue weighted by Crippen LogP contribution is -2.14. The predicted molar refractivity (Wildman–Crippen MR) is 97.4 cm³/mol. The summed E-state index contributed by atoms with van der Waals surface area (Å²) in [5, 5.41) is 6.02. The standard InChI is InChI=1S/C21H24N2/c1-3-7-18(8-4-1)9-5-2-6-13-22-16-19-10-11-21-17-23-14-12-20(21)15-19/h1,3-4,7-8,10-12,14-15,17,22H,2,5-6,9,13,16H2. The molecule has 0 amide bonds. The Morgan fingerprint density at radius 2 is 1.70 bits per heavy atom. The van der Waals surface area contributed by atoms with Crippen LogP contribution in [-0.2, 0) is 13.0 Å². The number of nitrogens with one attached hydrogen (secondary N) is 1. The van der Waals surface area contributed by atoms with Gasteiger partial charge in [-0.2, -0.15) is 0 Å². The van der Waals surface area contributed by atoms with Crippen LogP contribution in [0.4, 0.5) is 0 Å². The maximum absolute atomic E-state index is 4.15. The van der Waals surface area contributed by atoms with Gasteiger partial charge in [0, 0.05) is 24.3 Å². The van der Waals surface area contributed by atoms with Gasteiger partial charge in [-0.25, -0.2) is 0 Å². The molecule has 2 heteroatoms. The third-order valence-electron chi connectivity index (χ3n) is 4.20. The van der Waals surface area contributed by atoms with Gasteiger partial charge in [0.2, 0.25) is 0 Å². The number of rotatable bonds is 8. The lowest BCUT2D eigenvalue weighted by Gasteiger charge is -2.06. The molecule has 1 aromatic heterocycles. The van der Waals surface area contributed by atoms with Gasteiger partial charge in [-0.1, -0.05) is 48.9 Å². The Hall–Kier alpha value is -2.19. The molecule has 0 saturated carbocycles. The zero-order valence-electron chi connectivity index (χ0n) is 13.5. The summed E-state index contributed by atoms with van der Waals surface area (Å²) in [5.41, 5.74) is 2.79. The lowest BCUT2D eigenvalue weighted by atomic mass is 10.1. The van der Waals surface area contributed by atoms with E-state index in [2.05, 4.69) is 64.9 Å². The fourth-order valence-corrected chi connectivity index (χ4v) is 2.88. The second-order valence-corrected chi connectivity index (χ2v) is 6.03. The Labute approximate surface area is 138 Å². The van der Waals surface area contributed by atoms with Crippen molar-refractivity contribution in [1.29, 1.82) is 0 Å². The molecule has 0 aliphatic rings. The van der Waals surface area contributed by atoms with Crippen LogP contribution in [0.25, 0.3) is 10.8 Å². The summed E-state index contributed by atoms with van der Waals surface area (Å²) in [7, 11) is 0. The number of unbranched alkanes of at least 4 members (excludes halogenated alkanes) is 2. The van der Waals surface area contributed by atoms with E-state index in [4.69, 9.17) is 0 Å². The number of aryl methyl sites for hydroxylation is 1. The number of hydrogen-bond donors (Lipinski definition) is 1. The van der Waals surface area contributed by atoms with Crippen LogP contribution in [0.3, 0.4) is 0 Å². The SMILES string of the molecule is c1ccc(CCCCCNCc2ccc3cnccc3c2)cc1. The lowest BCUT2D eigenvalue weighted by molar-refractivity contribution is 0.603. The Morgan fingerprint density at radius 3 is 2.61 bits per heavy atom. The summed E-state index contributed by atoms with van der Waals surface area (Å²) in [6.07, 6.45) is 8.76. The van der Waals surface area contributed by atoms with Crippen molar-refractivity contribution in [3.05, 3.63) is 78.1 Å². The van der Waals surface area contributed by atoms with E-state index >= 15 is 0 Å². The molecule has 1 N–H and O–H groups in total. The summed E-state index contributed by atoms with van der Waals surface area (Å²) in [6.45, 7) is 2.03. The average Bonchev–Trinajstić information content (AvgIpc) is 2.61. The molecule has 0 aliphatic carbocycles. The monoisotopic (exact) mass is 304 g/mol. The molecule has 3 aromatic rings. The Balaban J connectivity index is 1.33. The fraction of sp³-hybridized carbons (Fsp3) is 0.286. The highest BCUT2D eigenvalue weighted by Crippen LogP contribution is 2.14. The Bertz CT molecular complexity index is 722. The number of fused-ring (bicyclic) bond motifs is 1. The van der Waals surface area contributed by atoms with E-state index in [0.29, 0.717) is 0 Å². The van der Waals surface area contributed by atoms with E-state index in [9.17, 15) is 0 Å². The van der Waals surface area contributed by atoms with Crippen molar-refractivity contribution in [3.63, 3.8) is 0 Å². The van der Waals surface area contributed by atoms with Crippen LogP contribution in [0.5, 0.6) is 0 Å². The van der Waals surface area contributed by atoms with E-state index < -0.39 is 0 Å². The third kappa shape index (κ3) is 4.90. The smallest absolute Gasteiger partial charge is 0.0346 e. The first-order valence-corrected chi connectivity index (χ1v) is 8.49. The van der Waals surface area contributed by atoms with Crippen LogP contribution < -0.4 is 5.32 Å². The molecule has 0 radical (unpaired) electrons. The second-order valence-electron chi connectivity index (χ2n) is 6.03. The maximum atomic E-state index is 4.15. The second kappa shape index (κ2) is 8.44. The number of hydrogen-bond acceptors (Lipinski definition) is 2. The van der Waals surface area contributed by atoms with E-state index in [0.717, 1.165) is 13.1 Å². The molecular weight excluding hydrogens is 280 g/mol. The molecule has 3 rings (SSSR count). The first kappa shape index (κ1) is 15.7. The molecule has 2 aromatic carbocycles. The predicted octanol–water partition coefficient (Wildman–Crippen LogP) is 4.74. The summed E-state index contributed by atoms with van der Waals surface area (Å²) in [4.78, 5) is 4.15. The number of aromatic nitrogens is 1. The normalized spacial score (nSPS) is 11.0. The van der Waals surface area contributed by atoms with Crippen LogP contribution in [0, 0.1) is 0 Å². The Morgan fingerprint density at radius 1 is 0.783 bits per heavy atom. The largest absolute Gasteiger partial charge is 0.313 e. The number of nitrogens with zero attached hydrogens (tertiary/aromatic N) is 1. The van der Waals surface area contributed by atoms with E-state index in [-0.39, 0.29) is 0 Å². The average molecular weight is 304 g/mol. The third-order valence-corrected chi connectivity index (χ3v) is 4.20. The minimum atomic E-state index is 0.941. The van der Waals surface area contributed by atoms with Crippen molar-refractivity contribution in [1.82, 2.24) is 10.3 Å². The fourth-order valence-electron chi connectivity index (χ4n) is 2.88. The number of benzene rings is 2. The molecule has 0 atom stereocenters. The van der Waals surface area contributed by atoms with Gasteiger partial charge >= 0.3 is 0 Å². The molecule has 0 bridgehead atoms. The van der Waals surface area contributed by atoms with Gasteiger partial charge in [-0.05, 0) is 54.5 Å². The minimum Gasteiger partial charge on any atom is -0.313 e. The van der Waals surface area contributed by atoms with Gasteiger partial charge in [0.05, 0.1) is 0 Å². The van der Waals surface area contributed by atoms with Gasteiger partial charge in [0.1, 0.15) is 0 Å². The van der Waals surface area contributed by atoms with Crippen molar-refractivity contribution < 1.29 is 0 Å². The van der Waals surface area contributed by atoms with Crippen molar-refractivity contribution in [2.45, 2.75) is 32.2 Å². The Kier molecular flexibility index (Phi) is 5.76. The zero-order valence-corrected chi connectivity index (χ0v) is 13.5.